The van der Waals surface area contributed by atoms with Crippen molar-refractivity contribution in [2.75, 3.05) is 6.61 Å². The van der Waals surface area contributed by atoms with Crippen molar-refractivity contribution in [3.8, 4) is 0 Å². The maximum Gasteiger partial charge on any atom is 0.309 e. The van der Waals surface area contributed by atoms with Crippen LogP contribution in [0.4, 0.5) is 0 Å². The van der Waals surface area contributed by atoms with Gasteiger partial charge in [-0.3, -0.25) is 9.59 Å². The lowest BCUT2D eigenvalue weighted by molar-refractivity contribution is -0.149. The van der Waals surface area contributed by atoms with Gasteiger partial charge in [0.25, 0.3) is 0 Å². The van der Waals surface area contributed by atoms with Crippen LogP contribution >= 0.6 is 0 Å². The smallest absolute Gasteiger partial charge is 0.309 e. The number of carboxylic acids is 1. The molecule has 108 valence electrons. The molecule has 0 unspecified atom stereocenters. The molecule has 1 amide bonds. The van der Waals surface area contributed by atoms with Crippen LogP contribution in [0.3, 0.4) is 0 Å². The quantitative estimate of drug-likeness (QED) is 0.796. The fourth-order valence-corrected chi connectivity index (χ4v) is 3.03. The first-order chi connectivity index (χ1) is 9.16. The topological polar surface area (TPSA) is 75.6 Å². The molecule has 0 radical (unpaired) electrons. The molecule has 0 aromatic heterocycles. The molecular formula is C14H23NO4. The third-order valence-corrected chi connectivity index (χ3v) is 4.11. The molecule has 19 heavy (non-hydrogen) atoms. The van der Waals surface area contributed by atoms with Crippen molar-refractivity contribution < 1.29 is 19.4 Å². The Kier molecular flexibility index (Phi) is 5.19. The predicted molar refractivity (Wildman–Crippen MR) is 69.7 cm³/mol. The van der Waals surface area contributed by atoms with Crippen molar-refractivity contribution in [3.05, 3.63) is 0 Å². The Bertz CT molecular complexity index is 319. The molecule has 5 nitrogen and oxygen atoms in total. The molecule has 5 heteroatoms. The minimum atomic E-state index is -0.925. The van der Waals surface area contributed by atoms with Crippen LogP contribution in [0.1, 0.15) is 51.4 Å². The van der Waals surface area contributed by atoms with E-state index in [1.165, 1.54) is 6.42 Å². The standard InChI is InChI=1S/C14H23NO4/c16-13(15-10-5-2-1-3-6-10)9-11(14(17)18)12-7-4-8-19-12/h10-12H,1-9H2,(H,15,16)(H,17,18)/t11-,12-/m1/s1. The van der Waals surface area contributed by atoms with Crippen molar-refractivity contribution in [1.29, 1.82) is 0 Å². The molecule has 1 aliphatic carbocycles. The molecule has 1 aliphatic heterocycles. The third-order valence-electron chi connectivity index (χ3n) is 4.11. The molecule has 2 rings (SSSR count). The SMILES string of the molecule is O=C(C[C@@H](C(=O)O)[C@H]1CCCO1)NC1CCCCC1. The van der Waals surface area contributed by atoms with E-state index in [1.807, 2.05) is 0 Å². The molecular weight excluding hydrogens is 246 g/mol. The first-order valence-corrected chi connectivity index (χ1v) is 7.30. The molecule has 0 bridgehead atoms. The van der Waals surface area contributed by atoms with Gasteiger partial charge in [-0.15, -0.1) is 0 Å². The highest BCUT2D eigenvalue weighted by Gasteiger charge is 2.33. The summed E-state index contributed by atoms with van der Waals surface area (Å²) in [6.45, 7) is 0.610. The largest absolute Gasteiger partial charge is 0.481 e. The summed E-state index contributed by atoms with van der Waals surface area (Å²) >= 11 is 0. The average molecular weight is 269 g/mol. The molecule has 1 heterocycles. The summed E-state index contributed by atoms with van der Waals surface area (Å²) < 4.78 is 5.41. The summed E-state index contributed by atoms with van der Waals surface area (Å²) in [7, 11) is 0. The number of ether oxygens (including phenoxy) is 1. The maximum absolute atomic E-state index is 12.0. The summed E-state index contributed by atoms with van der Waals surface area (Å²) in [5, 5.41) is 12.2. The van der Waals surface area contributed by atoms with E-state index < -0.39 is 11.9 Å². The number of carboxylic acid groups (broad SMARTS) is 1. The number of hydrogen-bond donors (Lipinski definition) is 2. The van der Waals surface area contributed by atoms with E-state index in [1.54, 1.807) is 0 Å². The fourth-order valence-electron chi connectivity index (χ4n) is 3.03. The van der Waals surface area contributed by atoms with Gasteiger partial charge in [0.1, 0.15) is 0 Å². The lowest BCUT2D eigenvalue weighted by atomic mass is 9.93. The van der Waals surface area contributed by atoms with Crippen molar-refractivity contribution in [2.24, 2.45) is 5.92 Å². The summed E-state index contributed by atoms with van der Waals surface area (Å²) in [4.78, 5) is 23.2. The van der Waals surface area contributed by atoms with Crippen molar-refractivity contribution in [3.63, 3.8) is 0 Å². The van der Waals surface area contributed by atoms with Gasteiger partial charge in [0.2, 0.25) is 5.91 Å². The number of amides is 1. The Hall–Kier alpha value is -1.10. The zero-order valence-corrected chi connectivity index (χ0v) is 11.3. The van der Waals surface area contributed by atoms with Gasteiger partial charge < -0.3 is 15.2 Å². The van der Waals surface area contributed by atoms with Crippen molar-refractivity contribution >= 4 is 11.9 Å². The maximum atomic E-state index is 12.0. The Balaban J connectivity index is 1.82. The van der Waals surface area contributed by atoms with Gasteiger partial charge in [0.15, 0.2) is 0 Å². The molecule has 0 aromatic carbocycles. The summed E-state index contributed by atoms with van der Waals surface area (Å²) in [6.07, 6.45) is 6.95. The Morgan fingerprint density at radius 3 is 2.47 bits per heavy atom. The highest BCUT2D eigenvalue weighted by molar-refractivity contribution is 5.82. The van der Waals surface area contributed by atoms with Crippen LogP contribution < -0.4 is 5.32 Å². The van der Waals surface area contributed by atoms with Crippen LogP contribution in [0, 0.1) is 5.92 Å². The van der Waals surface area contributed by atoms with Crippen LogP contribution in [0.2, 0.25) is 0 Å². The van der Waals surface area contributed by atoms with Crippen molar-refractivity contribution in [1.82, 2.24) is 5.32 Å². The normalized spacial score (nSPS) is 26.0. The number of nitrogens with one attached hydrogen (secondary N) is 1. The predicted octanol–water partition coefficient (Wildman–Crippen LogP) is 1.71. The Morgan fingerprint density at radius 2 is 1.89 bits per heavy atom. The van der Waals surface area contributed by atoms with Crippen LogP contribution in [0.25, 0.3) is 0 Å². The number of carbonyl (C=O) groups excluding carboxylic acids is 1. The minimum absolute atomic E-state index is 0.0382. The van der Waals surface area contributed by atoms with E-state index in [0.29, 0.717) is 6.61 Å². The van der Waals surface area contributed by atoms with Crippen LogP contribution in [-0.4, -0.2) is 35.7 Å². The minimum Gasteiger partial charge on any atom is -0.481 e. The molecule has 2 aliphatic rings. The van der Waals surface area contributed by atoms with Gasteiger partial charge in [-0.2, -0.15) is 0 Å². The molecule has 2 atom stereocenters. The molecule has 2 N–H and O–H groups in total. The molecule has 2 fully saturated rings. The van der Waals surface area contributed by atoms with E-state index in [-0.39, 0.29) is 24.5 Å². The van der Waals surface area contributed by atoms with Crippen molar-refractivity contribution in [2.45, 2.75) is 63.5 Å². The molecule has 1 saturated heterocycles. The van der Waals surface area contributed by atoms with E-state index in [4.69, 9.17) is 4.74 Å². The van der Waals surface area contributed by atoms with Gasteiger partial charge >= 0.3 is 5.97 Å². The van der Waals surface area contributed by atoms with Gasteiger partial charge in [-0.25, -0.2) is 0 Å². The summed E-state index contributed by atoms with van der Waals surface area (Å²) in [6, 6.07) is 0.236. The number of rotatable bonds is 5. The fraction of sp³-hybridized carbons (Fsp3) is 0.857. The van der Waals surface area contributed by atoms with Crippen LogP contribution in [-0.2, 0) is 14.3 Å². The Morgan fingerprint density at radius 1 is 1.16 bits per heavy atom. The van der Waals surface area contributed by atoms with Gasteiger partial charge in [-0.05, 0) is 25.7 Å². The average Bonchev–Trinajstić information content (AvgIpc) is 2.90. The zero-order chi connectivity index (χ0) is 13.7. The highest BCUT2D eigenvalue weighted by Crippen LogP contribution is 2.24. The monoisotopic (exact) mass is 269 g/mol. The number of aliphatic carboxylic acids is 1. The number of carbonyl (C=O) groups is 2. The molecule has 0 aromatic rings. The summed E-state index contributed by atoms with van der Waals surface area (Å²) in [5.74, 6) is -1.77. The first-order valence-electron chi connectivity index (χ1n) is 7.30. The van der Waals surface area contributed by atoms with Crippen LogP contribution in [0.5, 0.6) is 0 Å². The van der Waals surface area contributed by atoms with E-state index in [0.717, 1.165) is 38.5 Å². The second-order valence-electron chi connectivity index (χ2n) is 5.60. The zero-order valence-electron chi connectivity index (χ0n) is 11.3. The van der Waals surface area contributed by atoms with E-state index in [9.17, 15) is 14.7 Å². The first kappa shape index (κ1) is 14.3. The lowest BCUT2D eigenvalue weighted by Crippen LogP contribution is -2.40. The molecule has 1 saturated carbocycles. The molecule has 0 spiro atoms. The van der Waals surface area contributed by atoms with Gasteiger partial charge in [0, 0.05) is 19.1 Å². The number of hydrogen-bond acceptors (Lipinski definition) is 3. The second-order valence-corrected chi connectivity index (χ2v) is 5.60. The van der Waals surface area contributed by atoms with Gasteiger partial charge in [-0.1, -0.05) is 19.3 Å². The van der Waals surface area contributed by atoms with Gasteiger partial charge in [0.05, 0.1) is 12.0 Å². The third kappa shape index (κ3) is 4.20. The van der Waals surface area contributed by atoms with E-state index >= 15 is 0 Å². The highest BCUT2D eigenvalue weighted by atomic mass is 16.5. The lowest BCUT2D eigenvalue weighted by Gasteiger charge is -2.24. The van der Waals surface area contributed by atoms with Crippen LogP contribution in [0.15, 0.2) is 0 Å². The Labute approximate surface area is 113 Å². The summed E-state index contributed by atoms with van der Waals surface area (Å²) in [5.41, 5.74) is 0. The van der Waals surface area contributed by atoms with E-state index in [2.05, 4.69) is 5.32 Å². The second kappa shape index (κ2) is 6.89.